The molecule has 0 saturated carbocycles. The number of aliphatic hydroxyl groups is 7. The number of carbonyl (C=O) groups is 2. The van der Waals surface area contributed by atoms with E-state index in [1.54, 1.807) is 0 Å². The Morgan fingerprint density at radius 3 is 2.52 bits per heavy atom. The Morgan fingerprint density at radius 2 is 1.93 bits per heavy atom. The second-order valence-electron chi connectivity index (χ2n) is 9.40. The molecule has 1 amide bonds. The van der Waals surface area contributed by atoms with Crippen molar-refractivity contribution in [2.45, 2.75) is 67.2 Å². The molecule has 0 spiro atoms. The molecule has 0 aliphatic carbocycles. The summed E-state index contributed by atoms with van der Waals surface area (Å²) in [4.78, 5) is 48.5. The van der Waals surface area contributed by atoms with Gasteiger partial charge in [0, 0.05) is 12.6 Å². The fourth-order valence-corrected chi connectivity index (χ4v) is 4.97. The van der Waals surface area contributed by atoms with E-state index < -0.39 is 112 Å². The van der Waals surface area contributed by atoms with Crippen molar-refractivity contribution in [1.29, 1.82) is 0 Å². The molecule has 1 aromatic heterocycles. The number of carbonyl (C=O) groups excluding carboxylic acids is 1. The van der Waals surface area contributed by atoms with E-state index in [1.165, 1.54) is 6.07 Å². The monoisotopic (exact) mass is 630 g/mol. The quantitative estimate of drug-likeness (QED) is 0.0956. The number of hydrogen-bond acceptors (Lipinski definition) is 17. The lowest BCUT2D eigenvalue weighted by molar-refractivity contribution is -0.295. The van der Waals surface area contributed by atoms with Crippen molar-refractivity contribution in [3.63, 3.8) is 0 Å². The molecule has 238 valence electrons. The topological polar surface area (TPSA) is 343 Å². The van der Waals surface area contributed by atoms with Crippen LogP contribution < -0.4 is 16.7 Å². The fourth-order valence-electron chi connectivity index (χ4n) is 4.21. The lowest BCUT2D eigenvalue weighted by Crippen LogP contribution is -2.67. The molecule has 0 radical (unpaired) electrons. The molecule has 3 rings (SSSR count). The molecule has 11 unspecified atom stereocenters. The van der Waals surface area contributed by atoms with Gasteiger partial charge in [-0.25, -0.2) is 14.2 Å². The summed E-state index contributed by atoms with van der Waals surface area (Å²) in [5.41, 5.74) is 4.48. The highest BCUT2D eigenvalue weighted by molar-refractivity contribution is 7.47. The Morgan fingerprint density at radius 1 is 1.26 bits per heavy atom. The smallest absolute Gasteiger partial charge is 0.472 e. The van der Waals surface area contributed by atoms with Crippen molar-refractivity contribution < 1.29 is 78.4 Å². The number of carboxylic acids is 1. The zero-order chi connectivity index (χ0) is 31.6. The van der Waals surface area contributed by atoms with Gasteiger partial charge in [-0.2, -0.15) is 4.98 Å². The van der Waals surface area contributed by atoms with Crippen LogP contribution in [0.15, 0.2) is 17.1 Å². The van der Waals surface area contributed by atoms with Crippen LogP contribution in [0, 0.1) is 0 Å². The molecule has 21 nitrogen and oxygen atoms in total. The second-order valence-corrected chi connectivity index (χ2v) is 10.9. The number of nitrogens with one attached hydrogen (secondary N) is 1. The van der Waals surface area contributed by atoms with Crippen LogP contribution in [-0.2, 0) is 32.7 Å². The second kappa shape index (κ2) is 13.3. The van der Waals surface area contributed by atoms with Gasteiger partial charge in [-0.15, -0.1) is 0 Å². The highest BCUT2D eigenvalue weighted by atomic mass is 31.2. The lowest BCUT2D eigenvalue weighted by Gasteiger charge is -2.44. The predicted octanol–water partition coefficient (Wildman–Crippen LogP) is -6.30. The zero-order valence-corrected chi connectivity index (χ0v) is 22.3. The van der Waals surface area contributed by atoms with E-state index in [0.29, 0.717) is 0 Å². The van der Waals surface area contributed by atoms with Gasteiger partial charge in [0.1, 0.15) is 49.0 Å². The van der Waals surface area contributed by atoms with E-state index in [2.05, 4.69) is 9.51 Å². The van der Waals surface area contributed by atoms with Crippen LogP contribution in [-0.4, -0.2) is 142 Å². The number of nitrogen functional groups attached to an aromatic ring is 1. The first-order valence-corrected chi connectivity index (χ1v) is 13.6. The molecule has 2 saturated heterocycles. The van der Waals surface area contributed by atoms with Crippen LogP contribution in [0.5, 0.6) is 0 Å². The molecule has 0 aromatic carbocycles. The van der Waals surface area contributed by atoms with Crippen molar-refractivity contribution in [3.05, 3.63) is 22.7 Å². The van der Waals surface area contributed by atoms with Crippen LogP contribution in [0.25, 0.3) is 0 Å². The van der Waals surface area contributed by atoms with Crippen LogP contribution in [0.1, 0.15) is 12.6 Å². The van der Waals surface area contributed by atoms with Crippen molar-refractivity contribution >= 4 is 25.5 Å². The van der Waals surface area contributed by atoms with Gasteiger partial charge >= 0.3 is 19.5 Å². The van der Waals surface area contributed by atoms with Gasteiger partial charge < -0.3 is 66.3 Å². The molecular weight excluding hydrogens is 599 g/mol. The van der Waals surface area contributed by atoms with Gasteiger partial charge in [-0.1, -0.05) is 0 Å². The van der Waals surface area contributed by atoms with Gasteiger partial charge in [0.15, 0.2) is 6.23 Å². The van der Waals surface area contributed by atoms with E-state index in [4.69, 9.17) is 24.8 Å². The highest BCUT2D eigenvalue weighted by Crippen LogP contribution is 2.44. The normalized spacial score (nSPS) is 34.3. The third-order valence-corrected chi connectivity index (χ3v) is 7.35. The number of hydrogen-bond donors (Lipinski definition) is 11. The molecule has 2 aliphatic heterocycles. The minimum Gasteiger partial charge on any atom is -0.477 e. The molecule has 2 aliphatic rings. The summed E-state index contributed by atoms with van der Waals surface area (Å²) in [5, 5.41) is 82.1. The van der Waals surface area contributed by atoms with Gasteiger partial charge in [0.2, 0.25) is 5.91 Å². The molecule has 22 heteroatoms. The number of carboxylic acid groups (broad SMARTS) is 1. The molecule has 11 atom stereocenters. The van der Waals surface area contributed by atoms with Gasteiger partial charge in [0.05, 0.1) is 25.4 Å². The maximum Gasteiger partial charge on any atom is 0.472 e. The van der Waals surface area contributed by atoms with E-state index >= 15 is 0 Å². The van der Waals surface area contributed by atoms with E-state index in [9.17, 15) is 59.6 Å². The summed E-state index contributed by atoms with van der Waals surface area (Å²) in [7, 11) is -5.11. The van der Waals surface area contributed by atoms with Gasteiger partial charge in [-0.3, -0.25) is 18.4 Å². The SMILES string of the molecule is Nc1ccn(C2OC(COP(=O)(O)OCC(O)C(O)C3OC(O)(C(=O)O)CC(O)C3NC(=O)CO)C(O)C2O)c(=O)n1. The summed E-state index contributed by atoms with van der Waals surface area (Å²) in [6.07, 6.45) is -14.6. The van der Waals surface area contributed by atoms with Gasteiger partial charge in [-0.05, 0) is 6.07 Å². The summed E-state index contributed by atoms with van der Waals surface area (Å²) >= 11 is 0. The molecule has 3 heterocycles. The number of aliphatic carboxylic acids is 1. The summed E-state index contributed by atoms with van der Waals surface area (Å²) in [6, 6.07) is -0.456. The Hall–Kier alpha value is -2.63. The minimum absolute atomic E-state index is 0.121. The average molecular weight is 630 g/mol. The van der Waals surface area contributed by atoms with E-state index in [-0.39, 0.29) is 5.82 Å². The first-order valence-electron chi connectivity index (χ1n) is 12.1. The van der Waals surface area contributed by atoms with Crippen LogP contribution in [0.4, 0.5) is 5.82 Å². The maximum absolute atomic E-state index is 12.4. The number of anilines is 1. The third kappa shape index (κ3) is 7.65. The standard InChI is InChI=1S/C20H31N4O17P/c21-10-1-2-24(19(34)22-10)17-15(31)14(30)9(40-17)6-39-42(36,37)38-5-8(27)13(29)16-12(23-11(28)4-25)7(26)3-20(35,41-16)18(32)33/h1-2,7-9,12-17,25-27,29-31,35H,3-6H2,(H,23,28)(H,32,33)(H,36,37)(H2,21,22,34). The first kappa shape index (κ1) is 33.9. The number of aliphatic hydroxyl groups excluding tert-OH is 6. The fraction of sp³-hybridized carbons (Fsp3) is 0.700. The van der Waals surface area contributed by atoms with Crippen molar-refractivity contribution in [2.75, 3.05) is 25.6 Å². The number of aromatic nitrogens is 2. The highest BCUT2D eigenvalue weighted by Gasteiger charge is 2.54. The molecule has 12 N–H and O–H groups in total. The summed E-state index contributed by atoms with van der Waals surface area (Å²) in [5.74, 6) is -6.27. The number of rotatable bonds is 12. The molecular formula is C20H31N4O17P. The van der Waals surface area contributed by atoms with Crippen molar-refractivity contribution in [2.24, 2.45) is 0 Å². The summed E-state index contributed by atoms with van der Waals surface area (Å²) < 4.78 is 32.8. The first-order chi connectivity index (χ1) is 19.5. The van der Waals surface area contributed by atoms with Crippen molar-refractivity contribution in [3.8, 4) is 0 Å². The summed E-state index contributed by atoms with van der Waals surface area (Å²) in [6.45, 7) is -3.18. The van der Waals surface area contributed by atoms with Gasteiger partial charge in [0.25, 0.3) is 5.79 Å². The lowest BCUT2D eigenvalue weighted by atomic mass is 9.88. The zero-order valence-electron chi connectivity index (χ0n) is 21.4. The third-order valence-electron chi connectivity index (χ3n) is 6.39. The maximum atomic E-state index is 12.4. The molecule has 1 aromatic rings. The minimum atomic E-state index is -5.11. The predicted molar refractivity (Wildman–Crippen MR) is 130 cm³/mol. The van der Waals surface area contributed by atoms with Crippen LogP contribution in [0.3, 0.4) is 0 Å². The molecule has 0 bridgehead atoms. The number of amides is 1. The molecule has 42 heavy (non-hydrogen) atoms. The van der Waals surface area contributed by atoms with E-state index in [1.807, 2.05) is 5.32 Å². The number of phosphoric acid groups is 1. The van der Waals surface area contributed by atoms with Crippen molar-refractivity contribution in [1.82, 2.24) is 14.9 Å². The molecule has 2 fully saturated rings. The largest absolute Gasteiger partial charge is 0.477 e. The number of nitrogens with two attached hydrogens (primary N) is 1. The Labute approximate surface area is 234 Å². The Bertz CT molecular complexity index is 1240. The van der Waals surface area contributed by atoms with E-state index in [0.717, 1.165) is 10.8 Å². The Kier molecular flexibility index (Phi) is 10.8. The number of phosphoric ester groups is 1. The average Bonchev–Trinajstić information content (AvgIpc) is 3.20. The number of ether oxygens (including phenoxy) is 2. The van der Waals surface area contributed by atoms with Crippen LogP contribution in [0.2, 0.25) is 0 Å². The Balaban J connectivity index is 1.62. The van der Waals surface area contributed by atoms with Crippen LogP contribution >= 0.6 is 7.82 Å². The number of nitrogens with zero attached hydrogens (tertiary/aromatic N) is 2.